The van der Waals surface area contributed by atoms with Gasteiger partial charge in [-0.1, -0.05) is 15.9 Å². The van der Waals surface area contributed by atoms with Crippen molar-refractivity contribution in [2.45, 2.75) is 26.3 Å². The van der Waals surface area contributed by atoms with Gasteiger partial charge in [0.1, 0.15) is 11.3 Å². The van der Waals surface area contributed by atoms with Crippen molar-refractivity contribution in [3.8, 4) is 0 Å². The predicted octanol–water partition coefficient (Wildman–Crippen LogP) is 2.45. The molecule has 0 atom stereocenters. The van der Waals surface area contributed by atoms with Crippen LogP contribution in [0.2, 0.25) is 0 Å². The van der Waals surface area contributed by atoms with Crippen LogP contribution in [-0.4, -0.2) is 11.4 Å². The fraction of sp³-hybridized carbons (Fsp3) is 0.571. The van der Waals surface area contributed by atoms with Gasteiger partial charge >= 0.3 is 0 Å². The maximum Gasteiger partial charge on any atom is 0.187 e. The summed E-state index contributed by atoms with van der Waals surface area (Å²) in [6.45, 7) is 5.87. The first-order chi connectivity index (χ1) is 4.56. The van der Waals surface area contributed by atoms with Gasteiger partial charge in [0.2, 0.25) is 0 Å². The van der Waals surface area contributed by atoms with E-state index in [1.807, 2.05) is 20.8 Å². The van der Waals surface area contributed by atoms with E-state index in [9.17, 15) is 0 Å². The van der Waals surface area contributed by atoms with E-state index in [0.717, 1.165) is 11.7 Å². The van der Waals surface area contributed by atoms with Crippen molar-refractivity contribution < 1.29 is 4.74 Å². The van der Waals surface area contributed by atoms with E-state index in [0.29, 0.717) is 0 Å². The van der Waals surface area contributed by atoms with Crippen molar-refractivity contribution in [2.24, 2.45) is 4.99 Å². The quantitative estimate of drug-likeness (QED) is 0.593. The highest BCUT2D eigenvalue weighted by molar-refractivity contribution is 9.11. The number of hydrogen-bond acceptors (Lipinski definition) is 2. The van der Waals surface area contributed by atoms with Crippen LogP contribution in [0.25, 0.3) is 0 Å². The third kappa shape index (κ3) is 1.24. The standard InChI is InChI=1S/C7H10BrNO/c1-5-9-7(2,3)6(4-8)10-5/h4H,1-3H3/b6-4-. The van der Waals surface area contributed by atoms with Gasteiger partial charge in [-0.25, -0.2) is 4.99 Å². The van der Waals surface area contributed by atoms with Crippen LogP contribution in [-0.2, 0) is 4.74 Å². The lowest BCUT2D eigenvalue weighted by Crippen LogP contribution is -2.14. The molecule has 0 fully saturated rings. The van der Waals surface area contributed by atoms with E-state index in [2.05, 4.69) is 20.9 Å². The highest BCUT2D eigenvalue weighted by atomic mass is 79.9. The summed E-state index contributed by atoms with van der Waals surface area (Å²) in [5, 5.41) is 0. The molecule has 10 heavy (non-hydrogen) atoms. The Balaban J connectivity index is 2.92. The number of rotatable bonds is 0. The average Bonchev–Trinajstić information content (AvgIpc) is 2.04. The minimum absolute atomic E-state index is 0.187. The maximum atomic E-state index is 5.29. The van der Waals surface area contributed by atoms with Crippen molar-refractivity contribution in [2.75, 3.05) is 0 Å². The molecule has 1 aliphatic rings. The monoisotopic (exact) mass is 203 g/mol. The summed E-state index contributed by atoms with van der Waals surface area (Å²) in [6, 6.07) is 0. The summed E-state index contributed by atoms with van der Waals surface area (Å²) in [7, 11) is 0. The predicted molar refractivity (Wildman–Crippen MR) is 45.3 cm³/mol. The molecule has 2 nitrogen and oxygen atoms in total. The molecule has 3 heteroatoms. The molecule has 0 spiro atoms. The summed E-state index contributed by atoms with van der Waals surface area (Å²) < 4.78 is 5.29. The smallest absolute Gasteiger partial charge is 0.187 e. The Morgan fingerprint density at radius 2 is 2.20 bits per heavy atom. The van der Waals surface area contributed by atoms with Crippen molar-refractivity contribution >= 4 is 21.8 Å². The minimum atomic E-state index is -0.187. The Morgan fingerprint density at radius 1 is 1.60 bits per heavy atom. The Hall–Kier alpha value is -0.310. The van der Waals surface area contributed by atoms with E-state index in [1.165, 1.54) is 0 Å². The van der Waals surface area contributed by atoms with E-state index >= 15 is 0 Å². The van der Waals surface area contributed by atoms with E-state index in [4.69, 9.17) is 4.74 Å². The number of ether oxygens (including phenoxy) is 1. The van der Waals surface area contributed by atoms with Gasteiger partial charge in [-0.3, -0.25) is 0 Å². The average molecular weight is 204 g/mol. The highest BCUT2D eigenvalue weighted by Crippen LogP contribution is 2.29. The van der Waals surface area contributed by atoms with Gasteiger partial charge in [0.05, 0.1) is 0 Å². The van der Waals surface area contributed by atoms with E-state index < -0.39 is 0 Å². The van der Waals surface area contributed by atoms with Crippen LogP contribution in [0.15, 0.2) is 15.7 Å². The molecule has 1 heterocycles. The van der Waals surface area contributed by atoms with Crippen LogP contribution in [0.5, 0.6) is 0 Å². The van der Waals surface area contributed by atoms with Gasteiger partial charge < -0.3 is 4.74 Å². The molecule has 1 rings (SSSR count). The highest BCUT2D eigenvalue weighted by Gasteiger charge is 2.30. The second kappa shape index (κ2) is 2.38. The molecular formula is C7H10BrNO. The SMILES string of the molecule is CC1=NC(C)(C)/C(=C/Br)O1. The first-order valence-electron chi connectivity index (χ1n) is 3.11. The van der Waals surface area contributed by atoms with E-state index in [-0.39, 0.29) is 5.54 Å². The summed E-state index contributed by atoms with van der Waals surface area (Å²) in [6.07, 6.45) is 0. The lowest BCUT2D eigenvalue weighted by Gasteiger charge is -2.12. The Labute approximate surface area is 69.1 Å². The molecule has 0 N–H and O–H groups in total. The van der Waals surface area contributed by atoms with Gasteiger partial charge in [-0.2, -0.15) is 0 Å². The molecule has 0 saturated carbocycles. The van der Waals surface area contributed by atoms with Crippen LogP contribution in [0.1, 0.15) is 20.8 Å². The fourth-order valence-electron chi connectivity index (χ4n) is 0.911. The van der Waals surface area contributed by atoms with Gasteiger partial charge in [0.25, 0.3) is 0 Å². The number of aliphatic imine (C=N–C) groups is 1. The van der Waals surface area contributed by atoms with E-state index in [1.54, 1.807) is 4.99 Å². The van der Waals surface area contributed by atoms with Crippen LogP contribution >= 0.6 is 15.9 Å². The summed E-state index contributed by atoms with van der Waals surface area (Å²) >= 11 is 3.22. The molecule has 0 bridgehead atoms. The third-order valence-electron chi connectivity index (χ3n) is 1.40. The van der Waals surface area contributed by atoms with Gasteiger partial charge in [-0.15, -0.1) is 0 Å². The van der Waals surface area contributed by atoms with Crippen LogP contribution < -0.4 is 0 Å². The van der Waals surface area contributed by atoms with Crippen molar-refractivity contribution in [3.05, 3.63) is 10.7 Å². The van der Waals surface area contributed by atoms with Crippen LogP contribution in [0.4, 0.5) is 0 Å². The molecule has 0 saturated heterocycles. The number of halogens is 1. The van der Waals surface area contributed by atoms with Crippen molar-refractivity contribution in [3.63, 3.8) is 0 Å². The van der Waals surface area contributed by atoms with Gasteiger partial charge in [0, 0.05) is 11.9 Å². The Morgan fingerprint density at radius 3 is 2.40 bits per heavy atom. The molecule has 56 valence electrons. The molecule has 0 radical (unpaired) electrons. The molecule has 0 aromatic heterocycles. The Bertz CT molecular complexity index is 206. The van der Waals surface area contributed by atoms with Crippen molar-refractivity contribution in [1.29, 1.82) is 0 Å². The fourth-order valence-corrected chi connectivity index (χ4v) is 1.56. The first-order valence-corrected chi connectivity index (χ1v) is 4.03. The molecule has 0 aromatic rings. The zero-order valence-electron chi connectivity index (χ0n) is 6.31. The molecule has 0 unspecified atom stereocenters. The minimum Gasteiger partial charge on any atom is -0.445 e. The zero-order valence-corrected chi connectivity index (χ0v) is 7.90. The van der Waals surface area contributed by atoms with Crippen molar-refractivity contribution in [1.82, 2.24) is 0 Å². The zero-order chi connectivity index (χ0) is 7.78. The number of hydrogen-bond donors (Lipinski definition) is 0. The topological polar surface area (TPSA) is 21.6 Å². The lowest BCUT2D eigenvalue weighted by molar-refractivity contribution is 0.381. The second-order valence-corrected chi connectivity index (χ2v) is 3.22. The Kier molecular flexibility index (Phi) is 1.86. The molecule has 1 aliphatic heterocycles. The summed E-state index contributed by atoms with van der Waals surface area (Å²) in [5.74, 6) is 1.60. The summed E-state index contributed by atoms with van der Waals surface area (Å²) in [5.41, 5.74) is -0.187. The largest absolute Gasteiger partial charge is 0.445 e. The first kappa shape index (κ1) is 7.79. The molecular weight excluding hydrogens is 194 g/mol. The molecule has 0 aliphatic carbocycles. The van der Waals surface area contributed by atoms with Crippen LogP contribution in [0.3, 0.4) is 0 Å². The second-order valence-electron chi connectivity index (χ2n) is 2.77. The van der Waals surface area contributed by atoms with Gasteiger partial charge in [-0.05, 0) is 13.8 Å². The van der Waals surface area contributed by atoms with Gasteiger partial charge in [0.15, 0.2) is 5.90 Å². The summed E-state index contributed by atoms with van der Waals surface area (Å²) in [4.78, 5) is 6.04. The third-order valence-corrected chi connectivity index (χ3v) is 1.81. The molecule has 0 amide bonds. The maximum absolute atomic E-state index is 5.29. The molecule has 0 aromatic carbocycles. The normalized spacial score (nSPS) is 26.4. The van der Waals surface area contributed by atoms with Crippen LogP contribution in [0, 0.1) is 0 Å². The lowest BCUT2D eigenvalue weighted by atomic mass is 10.1. The number of nitrogens with zero attached hydrogens (tertiary/aromatic N) is 1.